The van der Waals surface area contributed by atoms with Crippen LogP contribution in [0.5, 0.6) is 11.6 Å². The number of amides is 1. The topological polar surface area (TPSA) is 96.8 Å². The monoisotopic (exact) mass is 506 g/mol. The number of nitrogens with zero attached hydrogens (tertiary/aromatic N) is 2. The van der Waals surface area contributed by atoms with Crippen LogP contribution in [0.4, 0.5) is 18.9 Å². The van der Waals surface area contributed by atoms with Crippen LogP contribution in [-0.2, 0) is 11.0 Å². The van der Waals surface area contributed by atoms with Gasteiger partial charge >= 0.3 is 12.1 Å². The Morgan fingerprint density at radius 2 is 1.75 bits per heavy atom. The van der Waals surface area contributed by atoms with Gasteiger partial charge < -0.3 is 14.7 Å². The molecule has 10 heteroatoms. The molecule has 1 N–H and O–H groups in total. The fraction of sp³-hybridized carbons (Fsp3) is 0.462. The molecule has 0 aliphatic heterocycles. The number of aromatic carboxylic acids is 1. The predicted octanol–water partition coefficient (Wildman–Crippen LogP) is 6.36. The number of carbonyl (C=O) groups excluding carboxylic acids is 2. The number of pyridine rings is 1. The van der Waals surface area contributed by atoms with E-state index in [0.29, 0.717) is 12.0 Å². The first-order chi connectivity index (χ1) is 16.8. The molecule has 1 heterocycles. The summed E-state index contributed by atoms with van der Waals surface area (Å²) in [5, 5.41) is 9.87. The number of hydrogen-bond donors (Lipinski definition) is 1. The lowest BCUT2D eigenvalue weighted by atomic mass is 9.82. The molecule has 0 bridgehead atoms. The summed E-state index contributed by atoms with van der Waals surface area (Å²) in [6.45, 7) is 6.80. The molecule has 0 unspecified atom stereocenters. The van der Waals surface area contributed by atoms with Crippen LogP contribution in [0.1, 0.15) is 79.7 Å². The largest absolute Gasteiger partial charge is 0.478 e. The second kappa shape index (κ2) is 10.7. The molecule has 0 radical (unpaired) electrons. The van der Waals surface area contributed by atoms with Crippen molar-refractivity contribution in [2.75, 3.05) is 4.90 Å². The highest BCUT2D eigenvalue weighted by atomic mass is 19.4. The smallest absolute Gasteiger partial charge is 0.421 e. The zero-order chi connectivity index (χ0) is 26.8. The van der Waals surface area contributed by atoms with Gasteiger partial charge in [-0.2, -0.15) is 13.2 Å². The molecule has 0 saturated heterocycles. The van der Waals surface area contributed by atoms with Crippen molar-refractivity contribution in [1.82, 2.24) is 4.98 Å². The lowest BCUT2D eigenvalue weighted by Crippen LogP contribution is -2.42. The van der Waals surface area contributed by atoms with E-state index in [1.807, 2.05) is 0 Å². The molecule has 0 atom stereocenters. The third-order valence-corrected chi connectivity index (χ3v) is 6.35. The molecule has 1 aromatic heterocycles. The van der Waals surface area contributed by atoms with E-state index in [2.05, 4.69) is 11.9 Å². The molecule has 1 amide bonds. The summed E-state index contributed by atoms with van der Waals surface area (Å²) in [5.41, 5.74) is -1.64. The number of benzene rings is 1. The number of aromatic nitrogens is 1. The van der Waals surface area contributed by atoms with E-state index in [9.17, 15) is 32.7 Å². The maximum atomic E-state index is 13.6. The molecule has 1 aliphatic rings. The molecule has 194 valence electrons. The quantitative estimate of drug-likeness (QED) is 0.439. The number of ketones is 1. The summed E-state index contributed by atoms with van der Waals surface area (Å²) in [6, 6.07) is 4.03. The van der Waals surface area contributed by atoms with Crippen molar-refractivity contribution < 1.29 is 37.4 Å². The Bertz CT molecular complexity index is 1150. The molecule has 1 fully saturated rings. The minimum absolute atomic E-state index is 0.143. The number of ether oxygens (including phenoxy) is 1. The minimum atomic E-state index is -4.86. The standard InChI is InChI=1S/C26H29F3N2O5/c1-14(2)31(24(33)17-7-5-15(3)6-8-17)22-10-9-19(12-20(22)25(34)35)36-23-21(26(27,28)29)11-18(13-30-23)16(4)32/h9-15,17H,5-8H2,1-4H3,(H,34,35)/t15-,17-. The SMILES string of the molecule is CC(=O)c1cnc(Oc2ccc(N(C(=O)[C@H]3CC[C@H](C)CC3)C(C)C)c(C(=O)O)c2)c(C(F)(F)F)c1. The highest BCUT2D eigenvalue weighted by molar-refractivity contribution is 6.03. The Labute approximate surface area is 207 Å². The van der Waals surface area contributed by atoms with Crippen LogP contribution < -0.4 is 9.64 Å². The molecule has 7 nitrogen and oxygen atoms in total. The lowest BCUT2D eigenvalue weighted by molar-refractivity contribution is -0.139. The van der Waals surface area contributed by atoms with Crippen molar-refractivity contribution in [3.8, 4) is 11.6 Å². The number of carboxylic acid groups (broad SMARTS) is 1. The highest BCUT2D eigenvalue weighted by Crippen LogP contribution is 2.39. The van der Waals surface area contributed by atoms with Gasteiger partial charge in [-0.3, -0.25) is 9.59 Å². The van der Waals surface area contributed by atoms with Crippen LogP contribution in [0.3, 0.4) is 0 Å². The zero-order valence-corrected chi connectivity index (χ0v) is 20.6. The van der Waals surface area contributed by atoms with Crippen molar-refractivity contribution in [2.45, 2.75) is 65.6 Å². The van der Waals surface area contributed by atoms with Gasteiger partial charge in [0.05, 0.1) is 11.3 Å². The Hall–Kier alpha value is -3.43. The van der Waals surface area contributed by atoms with Crippen molar-refractivity contribution in [3.63, 3.8) is 0 Å². The normalized spacial score (nSPS) is 18.1. The second-order valence-corrected chi connectivity index (χ2v) is 9.48. The van der Waals surface area contributed by atoms with E-state index in [-0.39, 0.29) is 40.4 Å². The second-order valence-electron chi connectivity index (χ2n) is 9.48. The number of halogens is 3. The molecule has 36 heavy (non-hydrogen) atoms. The maximum absolute atomic E-state index is 13.6. The van der Waals surface area contributed by atoms with E-state index >= 15 is 0 Å². The number of anilines is 1. The lowest BCUT2D eigenvalue weighted by Gasteiger charge is -2.34. The minimum Gasteiger partial charge on any atom is -0.478 e. The number of carboxylic acids is 1. The Balaban J connectivity index is 1.99. The summed E-state index contributed by atoms with van der Waals surface area (Å²) in [6.07, 6.45) is -0.634. The van der Waals surface area contributed by atoms with Gasteiger partial charge in [0.25, 0.3) is 0 Å². The first kappa shape index (κ1) is 27.2. The molecule has 2 aromatic rings. The van der Waals surface area contributed by atoms with Crippen LogP contribution in [0.2, 0.25) is 0 Å². The number of Topliss-reactive ketones (excluding diaryl/α,β-unsaturated/α-hetero) is 1. The van der Waals surface area contributed by atoms with Crippen molar-refractivity contribution in [2.24, 2.45) is 11.8 Å². The fourth-order valence-corrected chi connectivity index (χ4v) is 4.36. The number of alkyl halides is 3. The summed E-state index contributed by atoms with van der Waals surface area (Å²) in [7, 11) is 0. The van der Waals surface area contributed by atoms with Crippen molar-refractivity contribution in [1.29, 1.82) is 0 Å². The van der Waals surface area contributed by atoms with Gasteiger partial charge in [0.2, 0.25) is 11.8 Å². The Kier molecular flexibility index (Phi) is 8.05. The molecular weight excluding hydrogens is 477 g/mol. The molecule has 1 aromatic carbocycles. The molecule has 0 spiro atoms. The zero-order valence-electron chi connectivity index (χ0n) is 20.6. The van der Waals surface area contributed by atoms with Gasteiger partial charge in [-0.15, -0.1) is 0 Å². The Morgan fingerprint density at radius 1 is 1.11 bits per heavy atom. The average molecular weight is 507 g/mol. The summed E-state index contributed by atoms with van der Waals surface area (Å²) >= 11 is 0. The van der Waals surface area contributed by atoms with Crippen LogP contribution >= 0.6 is 0 Å². The van der Waals surface area contributed by atoms with Crippen LogP contribution in [-0.4, -0.2) is 33.8 Å². The van der Waals surface area contributed by atoms with Crippen molar-refractivity contribution in [3.05, 3.63) is 47.2 Å². The van der Waals surface area contributed by atoms with Gasteiger partial charge in [0.1, 0.15) is 11.3 Å². The maximum Gasteiger partial charge on any atom is 0.421 e. The van der Waals surface area contributed by atoms with Gasteiger partial charge in [0.15, 0.2) is 5.78 Å². The summed E-state index contributed by atoms with van der Waals surface area (Å²) < 4.78 is 46.1. The molecule has 1 saturated carbocycles. The third-order valence-electron chi connectivity index (χ3n) is 6.35. The predicted molar refractivity (Wildman–Crippen MR) is 126 cm³/mol. The summed E-state index contributed by atoms with van der Waals surface area (Å²) in [4.78, 5) is 42.1. The van der Waals surface area contributed by atoms with Crippen LogP contribution in [0, 0.1) is 11.8 Å². The number of hydrogen-bond acceptors (Lipinski definition) is 5. The third kappa shape index (κ3) is 6.03. The van der Waals surface area contributed by atoms with Crippen LogP contribution in [0.25, 0.3) is 0 Å². The number of carbonyl (C=O) groups is 3. The highest BCUT2D eigenvalue weighted by Gasteiger charge is 2.37. The Morgan fingerprint density at radius 3 is 2.28 bits per heavy atom. The van der Waals surface area contributed by atoms with Gasteiger partial charge in [0, 0.05) is 23.7 Å². The first-order valence-corrected chi connectivity index (χ1v) is 11.8. The first-order valence-electron chi connectivity index (χ1n) is 11.8. The van der Waals surface area contributed by atoms with E-state index < -0.39 is 29.4 Å². The molecular formula is C26H29F3N2O5. The van der Waals surface area contributed by atoms with Crippen molar-refractivity contribution >= 4 is 23.3 Å². The van der Waals surface area contributed by atoms with E-state index in [1.165, 1.54) is 17.0 Å². The van der Waals surface area contributed by atoms with E-state index in [4.69, 9.17) is 4.74 Å². The van der Waals surface area contributed by atoms with Gasteiger partial charge in [-0.1, -0.05) is 6.92 Å². The molecule has 3 rings (SSSR count). The summed E-state index contributed by atoms with van der Waals surface area (Å²) in [5.74, 6) is -2.83. The van der Waals surface area contributed by atoms with E-state index in [0.717, 1.165) is 44.9 Å². The van der Waals surface area contributed by atoms with E-state index in [1.54, 1.807) is 13.8 Å². The van der Waals surface area contributed by atoms with Gasteiger partial charge in [-0.05, 0) is 76.6 Å². The molecule has 1 aliphatic carbocycles. The number of rotatable bonds is 7. The average Bonchev–Trinajstić information content (AvgIpc) is 2.79. The van der Waals surface area contributed by atoms with Gasteiger partial charge in [-0.25, -0.2) is 9.78 Å². The van der Waals surface area contributed by atoms with Crippen LogP contribution in [0.15, 0.2) is 30.5 Å². The fourth-order valence-electron chi connectivity index (χ4n) is 4.36.